The second-order valence-corrected chi connectivity index (χ2v) is 7.69. The zero-order chi connectivity index (χ0) is 19.7. The van der Waals surface area contributed by atoms with Crippen LogP contribution < -0.4 is 16.4 Å². The molecular formula is C16H31N4O5P. The Hall–Kier alpha value is -1.41. The zero-order valence-electron chi connectivity index (χ0n) is 15.6. The number of rotatable bonds is 10. The van der Waals surface area contributed by atoms with E-state index in [0.29, 0.717) is 5.31 Å². The highest BCUT2D eigenvalue weighted by atomic mass is 31.1. The highest BCUT2D eigenvalue weighted by Gasteiger charge is 2.37. The van der Waals surface area contributed by atoms with Crippen molar-refractivity contribution in [2.45, 2.75) is 64.3 Å². The van der Waals surface area contributed by atoms with Crippen molar-refractivity contribution in [3.63, 3.8) is 0 Å². The number of ether oxygens (including phenoxy) is 1. The number of carbonyl (C=O) groups is 1. The third kappa shape index (κ3) is 7.07. The van der Waals surface area contributed by atoms with E-state index in [-0.39, 0.29) is 37.6 Å². The third-order valence-electron chi connectivity index (χ3n) is 4.15. The Morgan fingerprint density at radius 2 is 2.12 bits per heavy atom. The number of aliphatic hydroxyl groups is 1. The van der Waals surface area contributed by atoms with Gasteiger partial charge in [-0.3, -0.25) is 14.8 Å². The molecule has 0 aromatic carbocycles. The maximum Gasteiger partial charge on any atom is 0.217 e. The molecule has 10 heteroatoms. The number of guanidine groups is 1. The average molecular weight is 390 g/mol. The molecule has 1 aliphatic rings. The molecule has 0 radical (unpaired) electrons. The summed E-state index contributed by atoms with van der Waals surface area (Å²) in [6.07, 6.45) is 3.06. The zero-order valence-corrected chi connectivity index (χ0v) is 16.6. The molecule has 0 bridgehead atoms. The molecule has 0 aliphatic heterocycles. The fraction of sp³-hybridized carbons (Fsp3) is 0.750. The standard InChI is InChI=1S/C16H31N4O5P/c1-4-11(5-2)25-14-9-12(26(23)24-7-6-21)8-13(20-16(17)18)15(14)19-10(3)22/h9,11,13-15,21,26H,4-8H2,1-3H3,(H,19,22)(H4,17,18,20)/t13-,14+,15+/m0/s1. The summed E-state index contributed by atoms with van der Waals surface area (Å²) in [5, 5.41) is 22.6. The molecule has 1 unspecified atom stereocenters. The molecule has 0 saturated heterocycles. The second-order valence-electron chi connectivity index (χ2n) is 6.19. The molecule has 9 nitrogen and oxygen atoms in total. The van der Waals surface area contributed by atoms with E-state index in [0.717, 1.165) is 12.8 Å². The Morgan fingerprint density at radius 3 is 2.62 bits per heavy atom. The molecule has 6 N–H and O–H groups in total. The summed E-state index contributed by atoms with van der Waals surface area (Å²) in [6, 6.07) is -0.921. The molecular weight excluding hydrogens is 359 g/mol. The Balaban J connectivity index is 3.15. The molecule has 26 heavy (non-hydrogen) atoms. The van der Waals surface area contributed by atoms with E-state index >= 15 is 0 Å². The first-order chi connectivity index (χ1) is 12.3. The van der Waals surface area contributed by atoms with Crippen LogP contribution in [0.3, 0.4) is 0 Å². The van der Waals surface area contributed by atoms with Gasteiger partial charge in [0.15, 0.2) is 5.96 Å². The van der Waals surface area contributed by atoms with E-state index in [2.05, 4.69) is 10.6 Å². The summed E-state index contributed by atoms with van der Waals surface area (Å²) in [7, 11) is -2.55. The van der Waals surface area contributed by atoms with Gasteiger partial charge in [-0.15, -0.1) is 0 Å². The molecule has 4 atom stereocenters. The SMILES string of the molecule is CCC(CC)O[C@@H]1C=C([PH](=O)OCCO)C[C@H](NC(=N)N)[C@H]1NC(C)=O. The molecule has 0 spiro atoms. The molecule has 1 rings (SSSR count). The number of hydrogen-bond acceptors (Lipinski definition) is 6. The fourth-order valence-corrected chi connectivity index (χ4v) is 4.08. The highest BCUT2D eigenvalue weighted by molar-refractivity contribution is 7.44. The van der Waals surface area contributed by atoms with Crippen molar-refractivity contribution >= 4 is 19.9 Å². The normalized spacial score (nSPS) is 24.0. The first-order valence-corrected chi connectivity index (χ1v) is 10.2. The van der Waals surface area contributed by atoms with Crippen molar-refractivity contribution in [2.75, 3.05) is 13.2 Å². The lowest BCUT2D eigenvalue weighted by Crippen LogP contribution is -2.60. The predicted molar refractivity (Wildman–Crippen MR) is 100 cm³/mol. The van der Waals surface area contributed by atoms with Gasteiger partial charge >= 0.3 is 0 Å². The van der Waals surface area contributed by atoms with Gasteiger partial charge in [-0.25, -0.2) is 0 Å². The number of hydrogen-bond donors (Lipinski definition) is 5. The van der Waals surface area contributed by atoms with E-state index in [1.807, 2.05) is 13.8 Å². The fourth-order valence-electron chi connectivity index (χ4n) is 2.93. The minimum absolute atomic E-state index is 0.0207. The molecule has 0 saturated carbocycles. The van der Waals surface area contributed by atoms with Gasteiger partial charge in [0.05, 0.1) is 37.5 Å². The van der Waals surface area contributed by atoms with Crippen LogP contribution in [0.25, 0.3) is 0 Å². The topological polar surface area (TPSA) is 147 Å². The van der Waals surface area contributed by atoms with Gasteiger partial charge in [-0.2, -0.15) is 0 Å². The second kappa shape index (κ2) is 11.3. The molecule has 1 aliphatic carbocycles. The lowest BCUT2D eigenvalue weighted by Gasteiger charge is -2.39. The van der Waals surface area contributed by atoms with Gasteiger partial charge in [-0.05, 0) is 25.3 Å². The lowest BCUT2D eigenvalue weighted by molar-refractivity contribution is -0.121. The summed E-state index contributed by atoms with van der Waals surface area (Å²) in [5.41, 5.74) is 5.48. The summed E-state index contributed by atoms with van der Waals surface area (Å²) in [4.78, 5) is 11.7. The largest absolute Gasteiger partial charge is 0.394 e. The molecule has 1 amide bonds. The van der Waals surface area contributed by atoms with Crippen molar-refractivity contribution in [3.8, 4) is 0 Å². The highest BCUT2D eigenvalue weighted by Crippen LogP contribution is 2.40. The summed E-state index contributed by atoms with van der Waals surface area (Å²) in [6.45, 7) is 5.18. The van der Waals surface area contributed by atoms with Crippen LogP contribution in [0.2, 0.25) is 0 Å². The molecule has 0 fully saturated rings. The minimum atomic E-state index is -2.55. The van der Waals surface area contributed by atoms with E-state index in [1.165, 1.54) is 6.92 Å². The van der Waals surface area contributed by atoms with Crippen LogP contribution in [-0.4, -0.2) is 54.5 Å². The van der Waals surface area contributed by atoms with Crippen molar-refractivity contribution in [1.29, 1.82) is 5.41 Å². The minimum Gasteiger partial charge on any atom is -0.394 e. The van der Waals surface area contributed by atoms with Crippen molar-refractivity contribution in [2.24, 2.45) is 5.73 Å². The molecule has 0 heterocycles. The van der Waals surface area contributed by atoms with Crippen LogP contribution in [0.5, 0.6) is 0 Å². The summed E-state index contributed by atoms with van der Waals surface area (Å²) >= 11 is 0. The van der Waals surface area contributed by atoms with Gasteiger partial charge in [0.2, 0.25) is 13.9 Å². The molecule has 150 valence electrons. The van der Waals surface area contributed by atoms with Crippen molar-refractivity contribution < 1.29 is 23.7 Å². The quantitative estimate of drug-likeness (QED) is 0.209. The van der Waals surface area contributed by atoms with Crippen molar-refractivity contribution in [3.05, 3.63) is 11.4 Å². The van der Waals surface area contributed by atoms with Crippen molar-refractivity contribution in [1.82, 2.24) is 10.6 Å². The maximum atomic E-state index is 12.4. The Kier molecular flexibility index (Phi) is 9.87. The third-order valence-corrected chi connectivity index (χ3v) is 5.51. The van der Waals surface area contributed by atoms with Gasteiger partial charge in [-0.1, -0.05) is 13.8 Å². The van der Waals surface area contributed by atoms with Gasteiger partial charge < -0.3 is 30.7 Å². The number of nitrogens with one attached hydrogen (secondary N) is 3. The monoisotopic (exact) mass is 390 g/mol. The Bertz CT molecular complexity index is 539. The van der Waals surface area contributed by atoms with Crippen LogP contribution in [0.1, 0.15) is 40.0 Å². The molecule has 0 aromatic heterocycles. The molecule has 0 aromatic rings. The average Bonchev–Trinajstić information content (AvgIpc) is 2.58. The van der Waals surface area contributed by atoms with Crippen LogP contribution >= 0.6 is 8.03 Å². The smallest absolute Gasteiger partial charge is 0.217 e. The number of amides is 1. The summed E-state index contributed by atoms with van der Waals surface area (Å²) in [5.74, 6) is -0.478. The number of aliphatic hydroxyl groups excluding tert-OH is 1. The lowest BCUT2D eigenvalue weighted by atomic mass is 9.92. The first kappa shape index (κ1) is 22.6. The van der Waals surface area contributed by atoms with Crippen LogP contribution in [0, 0.1) is 5.41 Å². The Labute approximate surface area is 155 Å². The van der Waals surface area contributed by atoms with Crippen LogP contribution in [0.4, 0.5) is 0 Å². The number of nitrogens with two attached hydrogens (primary N) is 1. The van der Waals surface area contributed by atoms with Crippen LogP contribution in [-0.2, 0) is 18.6 Å². The van der Waals surface area contributed by atoms with E-state index in [4.69, 9.17) is 25.5 Å². The number of carbonyl (C=O) groups excluding carboxylic acids is 1. The van der Waals surface area contributed by atoms with E-state index in [9.17, 15) is 9.36 Å². The van der Waals surface area contributed by atoms with Gasteiger partial charge in [0, 0.05) is 12.2 Å². The van der Waals surface area contributed by atoms with E-state index < -0.39 is 26.2 Å². The summed E-state index contributed by atoms with van der Waals surface area (Å²) < 4.78 is 23.7. The first-order valence-electron chi connectivity index (χ1n) is 8.84. The Morgan fingerprint density at radius 1 is 1.46 bits per heavy atom. The van der Waals surface area contributed by atoms with Gasteiger partial charge in [0.1, 0.15) is 0 Å². The van der Waals surface area contributed by atoms with E-state index in [1.54, 1.807) is 6.08 Å². The maximum absolute atomic E-state index is 12.4. The van der Waals surface area contributed by atoms with Gasteiger partial charge in [0.25, 0.3) is 0 Å². The predicted octanol–water partition coefficient (Wildman–Crippen LogP) is 0.688. The van der Waals surface area contributed by atoms with Crippen LogP contribution in [0.15, 0.2) is 11.4 Å².